The van der Waals surface area contributed by atoms with E-state index in [4.69, 9.17) is 20.2 Å². The van der Waals surface area contributed by atoms with Crippen molar-refractivity contribution >= 4 is 39.3 Å². The summed E-state index contributed by atoms with van der Waals surface area (Å²) in [7, 11) is 1.37. The summed E-state index contributed by atoms with van der Waals surface area (Å²) in [5, 5.41) is 1.79. The maximum Gasteiger partial charge on any atom is 0.356 e. The molecule has 136 valence electrons. The van der Waals surface area contributed by atoms with E-state index >= 15 is 0 Å². The standard InChI is InChI=1S/C19H22N4O3/c1-3-23-16-12-6-4-5-7-13(12)21-18(22-8-10-26-11-9-22)14(16)15(20)17(23)19(24)25-2/h4-7H,3,8-11,20H2,1-2H3. The Kier molecular flexibility index (Phi) is 4.16. The number of rotatable bonds is 3. The maximum absolute atomic E-state index is 12.4. The molecule has 7 heteroatoms. The quantitative estimate of drug-likeness (QED) is 0.728. The summed E-state index contributed by atoms with van der Waals surface area (Å²) in [5.74, 6) is 0.370. The lowest BCUT2D eigenvalue weighted by Crippen LogP contribution is -2.36. The Morgan fingerprint density at radius 2 is 2.04 bits per heavy atom. The number of benzene rings is 1. The van der Waals surface area contributed by atoms with E-state index in [1.165, 1.54) is 7.11 Å². The van der Waals surface area contributed by atoms with E-state index in [2.05, 4.69) is 4.90 Å². The lowest BCUT2D eigenvalue weighted by molar-refractivity contribution is 0.0590. The second-order valence-electron chi connectivity index (χ2n) is 6.27. The molecule has 2 N–H and O–H groups in total. The smallest absolute Gasteiger partial charge is 0.356 e. The third-order valence-electron chi connectivity index (χ3n) is 4.92. The van der Waals surface area contributed by atoms with Gasteiger partial charge in [0.25, 0.3) is 0 Å². The van der Waals surface area contributed by atoms with Gasteiger partial charge in [-0.1, -0.05) is 18.2 Å². The van der Waals surface area contributed by atoms with Gasteiger partial charge < -0.3 is 24.7 Å². The fraction of sp³-hybridized carbons (Fsp3) is 0.368. The molecule has 4 rings (SSSR count). The lowest BCUT2D eigenvalue weighted by Gasteiger charge is -2.29. The van der Waals surface area contributed by atoms with Crippen molar-refractivity contribution < 1.29 is 14.3 Å². The first-order chi connectivity index (χ1) is 12.7. The van der Waals surface area contributed by atoms with E-state index in [0.717, 1.165) is 40.7 Å². The zero-order valence-corrected chi connectivity index (χ0v) is 15.0. The Balaban J connectivity index is 2.13. The van der Waals surface area contributed by atoms with Crippen molar-refractivity contribution in [3.63, 3.8) is 0 Å². The first-order valence-electron chi connectivity index (χ1n) is 8.78. The summed E-state index contributed by atoms with van der Waals surface area (Å²) in [5.41, 5.74) is 9.09. The number of hydrogen-bond donors (Lipinski definition) is 1. The molecule has 0 unspecified atom stereocenters. The van der Waals surface area contributed by atoms with E-state index in [-0.39, 0.29) is 0 Å². The van der Waals surface area contributed by atoms with Crippen LogP contribution >= 0.6 is 0 Å². The number of carbonyl (C=O) groups is 1. The molecule has 1 aliphatic heterocycles. The highest BCUT2D eigenvalue weighted by Crippen LogP contribution is 2.39. The van der Waals surface area contributed by atoms with Gasteiger partial charge >= 0.3 is 5.97 Å². The van der Waals surface area contributed by atoms with Crippen molar-refractivity contribution in [1.82, 2.24) is 9.55 Å². The molecular weight excluding hydrogens is 332 g/mol. The second kappa shape index (κ2) is 6.49. The van der Waals surface area contributed by atoms with Crippen molar-refractivity contribution in [3.05, 3.63) is 30.0 Å². The number of aromatic nitrogens is 2. The molecule has 1 saturated heterocycles. The van der Waals surface area contributed by atoms with E-state index in [1.807, 2.05) is 35.8 Å². The molecule has 7 nitrogen and oxygen atoms in total. The SMILES string of the molecule is CCn1c(C(=O)OC)c(N)c2c(N3CCOCC3)nc3ccccc3c21. The number of pyridine rings is 1. The Bertz CT molecular complexity index is 990. The minimum Gasteiger partial charge on any atom is -0.464 e. The minimum atomic E-state index is -0.433. The van der Waals surface area contributed by atoms with Crippen LogP contribution in [0.15, 0.2) is 24.3 Å². The molecular formula is C19H22N4O3. The van der Waals surface area contributed by atoms with Gasteiger partial charge in [0, 0.05) is 25.0 Å². The van der Waals surface area contributed by atoms with Gasteiger partial charge in [-0.2, -0.15) is 0 Å². The molecule has 0 saturated carbocycles. The zero-order valence-electron chi connectivity index (χ0n) is 15.0. The number of esters is 1. The fourth-order valence-electron chi connectivity index (χ4n) is 3.72. The molecule has 2 aromatic heterocycles. The van der Waals surface area contributed by atoms with Gasteiger partial charge in [-0.25, -0.2) is 9.78 Å². The number of morpholine rings is 1. The predicted molar refractivity (Wildman–Crippen MR) is 102 cm³/mol. The largest absolute Gasteiger partial charge is 0.464 e. The van der Waals surface area contributed by atoms with Crippen LogP contribution in [-0.4, -0.2) is 48.9 Å². The Labute approximate surface area is 151 Å². The van der Waals surface area contributed by atoms with Gasteiger partial charge in [0.2, 0.25) is 0 Å². The van der Waals surface area contributed by atoms with Crippen LogP contribution in [0, 0.1) is 0 Å². The Morgan fingerprint density at radius 1 is 1.31 bits per heavy atom. The second-order valence-corrected chi connectivity index (χ2v) is 6.27. The number of anilines is 2. The average Bonchev–Trinajstić information content (AvgIpc) is 3.00. The van der Waals surface area contributed by atoms with Gasteiger partial charge in [-0.15, -0.1) is 0 Å². The van der Waals surface area contributed by atoms with Crippen LogP contribution in [0.3, 0.4) is 0 Å². The van der Waals surface area contributed by atoms with Crippen LogP contribution in [0.25, 0.3) is 21.8 Å². The number of carbonyl (C=O) groups excluding carboxylic acids is 1. The van der Waals surface area contributed by atoms with E-state index in [0.29, 0.717) is 31.1 Å². The highest BCUT2D eigenvalue weighted by Gasteiger charge is 2.27. The summed E-state index contributed by atoms with van der Waals surface area (Å²) < 4.78 is 12.4. The summed E-state index contributed by atoms with van der Waals surface area (Å²) in [4.78, 5) is 19.5. The van der Waals surface area contributed by atoms with Crippen LogP contribution in [0.2, 0.25) is 0 Å². The zero-order chi connectivity index (χ0) is 18.3. The number of fused-ring (bicyclic) bond motifs is 3. The molecule has 3 aromatic rings. The highest BCUT2D eigenvalue weighted by atomic mass is 16.5. The summed E-state index contributed by atoms with van der Waals surface area (Å²) in [6.07, 6.45) is 0. The molecule has 0 aliphatic carbocycles. The van der Waals surface area contributed by atoms with E-state index in [1.54, 1.807) is 0 Å². The van der Waals surface area contributed by atoms with Gasteiger partial charge in [0.05, 0.1) is 42.4 Å². The molecule has 26 heavy (non-hydrogen) atoms. The molecule has 3 heterocycles. The van der Waals surface area contributed by atoms with E-state index < -0.39 is 5.97 Å². The molecule has 0 amide bonds. The van der Waals surface area contributed by atoms with Crippen LogP contribution in [0.5, 0.6) is 0 Å². The average molecular weight is 354 g/mol. The number of hydrogen-bond acceptors (Lipinski definition) is 6. The molecule has 0 bridgehead atoms. The Morgan fingerprint density at radius 3 is 2.73 bits per heavy atom. The number of nitrogens with zero attached hydrogens (tertiary/aromatic N) is 3. The van der Waals surface area contributed by atoms with Gasteiger partial charge in [-0.3, -0.25) is 0 Å². The van der Waals surface area contributed by atoms with Crippen molar-refractivity contribution in [2.24, 2.45) is 0 Å². The van der Waals surface area contributed by atoms with Crippen LogP contribution in [0.4, 0.5) is 11.5 Å². The summed E-state index contributed by atoms with van der Waals surface area (Å²) >= 11 is 0. The van der Waals surface area contributed by atoms with Crippen molar-refractivity contribution in [1.29, 1.82) is 0 Å². The van der Waals surface area contributed by atoms with Gasteiger partial charge in [-0.05, 0) is 13.0 Å². The fourth-order valence-corrected chi connectivity index (χ4v) is 3.72. The van der Waals surface area contributed by atoms with Crippen molar-refractivity contribution in [2.75, 3.05) is 44.0 Å². The highest BCUT2D eigenvalue weighted by molar-refractivity contribution is 6.18. The number of nitrogens with two attached hydrogens (primary N) is 1. The summed E-state index contributed by atoms with van der Waals surface area (Å²) in [6, 6.07) is 7.94. The number of aryl methyl sites for hydroxylation is 1. The molecule has 1 fully saturated rings. The maximum atomic E-state index is 12.4. The molecule has 0 spiro atoms. The number of ether oxygens (including phenoxy) is 2. The third-order valence-corrected chi connectivity index (χ3v) is 4.92. The van der Waals surface area contributed by atoms with Crippen LogP contribution in [0.1, 0.15) is 17.4 Å². The minimum absolute atomic E-state index is 0.387. The molecule has 0 atom stereocenters. The monoisotopic (exact) mass is 354 g/mol. The number of para-hydroxylation sites is 1. The first kappa shape index (κ1) is 16.7. The van der Waals surface area contributed by atoms with Crippen LogP contribution in [-0.2, 0) is 16.0 Å². The topological polar surface area (TPSA) is 82.6 Å². The van der Waals surface area contributed by atoms with Gasteiger partial charge in [0.1, 0.15) is 5.82 Å². The molecule has 1 aliphatic rings. The lowest BCUT2D eigenvalue weighted by atomic mass is 10.1. The normalized spacial score (nSPS) is 14.9. The predicted octanol–water partition coefficient (Wildman–Crippen LogP) is 2.41. The summed E-state index contributed by atoms with van der Waals surface area (Å²) in [6.45, 7) is 5.38. The van der Waals surface area contributed by atoms with E-state index in [9.17, 15) is 4.79 Å². The molecule has 1 aromatic carbocycles. The third kappa shape index (κ3) is 2.39. The number of methoxy groups -OCH3 is 1. The van der Waals surface area contributed by atoms with Crippen molar-refractivity contribution in [3.8, 4) is 0 Å². The van der Waals surface area contributed by atoms with Crippen LogP contribution < -0.4 is 10.6 Å². The van der Waals surface area contributed by atoms with Crippen molar-refractivity contribution in [2.45, 2.75) is 13.5 Å². The number of nitrogen functional groups attached to an aromatic ring is 1. The van der Waals surface area contributed by atoms with Gasteiger partial charge in [0.15, 0.2) is 5.69 Å². The molecule has 0 radical (unpaired) electrons. The first-order valence-corrected chi connectivity index (χ1v) is 8.78. The Hall–Kier alpha value is -2.80.